The van der Waals surface area contributed by atoms with Gasteiger partial charge in [0.25, 0.3) is 10.1 Å². The molecule has 1 fully saturated rings. The second-order valence-corrected chi connectivity index (χ2v) is 7.29. The fourth-order valence-electron chi connectivity index (χ4n) is 2.23. The molecule has 2 unspecified atom stereocenters. The molecule has 1 heterocycles. The molecule has 13 heteroatoms. The van der Waals surface area contributed by atoms with E-state index in [1.54, 1.807) is 0 Å². The molecule has 11 nitrogen and oxygen atoms in total. The van der Waals surface area contributed by atoms with E-state index in [0.29, 0.717) is 32.7 Å². The predicted molar refractivity (Wildman–Crippen MR) is 82.2 cm³/mol. The lowest BCUT2D eigenvalue weighted by Crippen LogP contribution is -2.51. The van der Waals surface area contributed by atoms with E-state index in [4.69, 9.17) is 9.81 Å². The minimum Gasteiger partial charge on any atom is -0.412 e. The summed E-state index contributed by atoms with van der Waals surface area (Å²) in [5, 5.41) is 30.7. The number of hydrogen-bond donors (Lipinski definition) is 4. The highest BCUT2D eigenvalue weighted by Gasteiger charge is 2.23. The van der Waals surface area contributed by atoms with Crippen molar-refractivity contribution in [3.8, 4) is 0 Å². The fraction of sp³-hybridized carbons (Fsp3) is 1.00. The molecule has 0 aromatic carbocycles. The van der Waals surface area contributed by atoms with Crippen molar-refractivity contribution in [3.05, 3.63) is 0 Å². The molecule has 0 aromatic rings. The number of β-amino-alcohol motifs (C(OH)–C–C–N with tert-alkyl or cyclic N) is 2. The molecule has 2 atom stereocenters. The van der Waals surface area contributed by atoms with Gasteiger partial charge >= 0.3 is 0 Å². The predicted octanol–water partition coefficient (Wildman–Crippen LogP) is -2.54. The van der Waals surface area contributed by atoms with Crippen LogP contribution in [0, 0.1) is 0 Å². The summed E-state index contributed by atoms with van der Waals surface area (Å²) in [5.41, 5.74) is 0. The van der Waals surface area contributed by atoms with Gasteiger partial charge in [-0.15, -0.1) is 4.33 Å². The maximum Gasteiger partial charge on any atom is 0.267 e. The number of aliphatic hydroxyl groups excluding tert-OH is 2. The minimum absolute atomic E-state index is 0. The summed E-state index contributed by atoms with van der Waals surface area (Å²) in [4.78, 5) is 3.92. The van der Waals surface area contributed by atoms with E-state index in [1.807, 2.05) is 9.80 Å². The zero-order valence-corrected chi connectivity index (χ0v) is 14.1. The van der Waals surface area contributed by atoms with E-state index >= 15 is 0 Å². The van der Waals surface area contributed by atoms with E-state index in [-0.39, 0.29) is 17.8 Å². The Balaban J connectivity index is 0.00000484. The summed E-state index contributed by atoms with van der Waals surface area (Å²) < 4.78 is 34.2. The molecule has 23 heavy (non-hydrogen) atoms. The third kappa shape index (κ3) is 11.2. The summed E-state index contributed by atoms with van der Waals surface area (Å²) in [5.74, 6) is -0.427. The van der Waals surface area contributed by atoms with Gasteiger partial charge in [-0.05, 0) is 0 Å². The van der Waals surface area contributed by atoms with Crippen molar-refractivity contribution < 1.29 is 43.3 Å². The van der Waals surface area contributed by atoms with E-state index in [0.717, 1.165) is 12.0 Å². The number of nitrogens with zero attached hydrogens (tertiary/aromatic N) is 2. The minimum atomic E-state index is -4.17. The molecule has 0 bridgehead atoms. The number of aliphatic hydroxyl groups is 2. The molecular weight excluding hydrogens is 356 g/mol. The highest BCUT2D eigenvalue weighted by molar-refractivity contribution is 7.94. The van der Waals surface area contributed by atoms with Crippen molar-refractivity contribution in [3.63, 3.8) is 0 Å². The zero-order valence-electron chi connectivity index (χ0n) is 12.4. The van der Waals surface area contributed by atoms with E-state index in [2.05, 4.69) is 9.37 Å². The summed E-state index contributed by atoms with van der Waals surface area (Å²) in [6, 6.07) is 0. The van der Waals surface area contributed by atoms with Crippen molar-refractivity contribution >= 4 is 22.2 Å². The van der Waals surface area contributed by atoms with Crippen LogP contribution in [0.3, 0.4) is 0 Å². The highest BCUT2D eigenvalue weighted by Crippen LogP contribution is 2.08. The Morgan fingerprint density at radius 3 is 1.96 bits per heavy atom. The molecule has 1 saturated heterocycles. The molecular formula is C10H24N2O9S2. The van der Waals surface area contributed by atoms with Crippen LogP contribution >= 0.6 is 12.0 Å². The van der Waals surface area contributed by atoms with Gasteiger partial charge in [-0.1, -0.05) is 5.04 Å². The molecule has 0 aliphatic carbocycles. The molecule has 140 valence electrons. The molecule has 6 N–H and O–H groups in total. The van der Waals surface area contributed by atoms with Gasteiger partial charge in [-0.3, -0.25) is 14.4 Å². The molecule has 1 rings (SSSR count). The van der Waals surface area contributed by atoms with Crippen LogP contribution in [0.4, 0.5) is 0 Å². The van der Waals surface area contributed by atoms with Crippen LogP contribution in [0.1, 0.15) is 0 Å². The van der Waals surface area contributed by atoms with Crippen LogP contribution in [-0.4, -0.2) is 107 Å². The van der Waals surface area contributed by atoms with Gasteiger partial charge in [0.2, 0.25) is 0 Å². The van der Waals surface area contributed by atoms with E-state index < -0.39 is 28.1 Å². The summed E-state index contributed by atoms with van der Waals surface area (Å²) in [6.45, 7) is 3.18. The van der Waals surface area contributed by atoms with Gasteiger partial charge in [-0.2, -0.15) is 8.42 Å². The molecule has 1 aliphatic heterocycles. The Labute approximate surface area is 138 Å². The van der Waals surface area contributed by atoms with Crippen LogP contribution in [0.25, 0.3) is 0 Å². The number of piperazine rings is 1. The first-order chi connectivity index (χ1) is 10.3. The first-order valence-corrected chi connectivity index (χ1v) is 9.18. The number of rotatable bonds is 10. The normalized spacial score (nSPS) is 20.0. The van der Waals surface area contributed by atoms with Gasteiger partial charge in [0.1, 0.15) is 5.75 Å². The molecule has 0 radical (unpaired) electrons. The average molecular weight is 380 g/mol. The standard InChI is InChI=1S/C10H22N2O8S2.H2O/c13-9(7-21-20-19-15)5-11-1-3-12(4-2-11)6-10(14)8-22(16,17)18;/h9-10,13-15H,1-8H2,(H,16,17,18);1H2. The highest BCUT2D eigenvalue weighted by atomic mass is 32.2. The Hall–Kier alpha value is -0.0600. The first kappa shape index (κ1) is 22.9. The first-order valence-electron chi connectivity index (χ1n) is 6.66. The van der Waals surface area contributed by atoms with Gasteiger partial charge < -0.3 is 15.7 Å². The van der Waals surface area contributed by atoms with Gasteiger partial charge in [0.05, 0.1) is 18.0 Å². The average Bonchev–Trinajstić information content (AvgIpc) is 2.39. The second-order valence-electron chi connectivity index (χ2n) is 5.08. The molecule has 0 saturated carbocycles. The Morgan fingerprint density at radius 2 is 1.52 bits per heavy atom. The van der Waals surface area contributed by atoms with E-state index in [1.165, 1.54) is 0 Å². The third-order valence-electron chi connectivity index (χ3n) is 3.14. The third-order valence-corrected chi connectivity index (χ3v) is 4.63. The van der Waals surface area contributed by atoms with E-state index in [9.17, 15) is 18.6 Å². The van der Waals surface area contributed by atoms with Gasteiger partial charge in [0.15, 0.2) is 0 Å². The van der Waals surface area contributed by atoms with Crippen molar-refractivity contribution in [1.82, 2.24) is 9.80 Å². The van der Waals surface area contributed by atoms with Crippen molar-refractivity contribution in [1.29, 1.82) is 0 Å². The van der Waals surface area contributed by atoms with Gasteiger partial charge in [-0.25, -0.2) is 5.26 Å². The van der Waals surface area contributed by atoms with Gasteiger partial charge in [0, 0.05) is 51.3 Å². The molecule has 0 amide bonds. The quantitative estimate of drug-likeness (QED) is 0.103. The topological polar surface area (TPSA) is 171 Å². The Morgan fingerprint density at radius 1 is 1.04 bits per heavy atom. The lowest BCUT2D eigenvalue weighted by Gasteiger charge is -2.36. The van der Waals surface area contributed by atoms with Crippen molar-refractivity contribution in [2.75, 3.05) is 50.8 Å². The largest absolute Gasteiger partial charge is 0.412 e. The van der Waals surface area contributed by atoms with Crippen molar-refractivity contribution in [2.45, 2.75) is 12.2 Å². The second kappa shape index (κ2) is 11.5. The molecule has 1 aliphatic rings. The summed E-state index contributed by atoms with van der Waals surface area (Å²) >= 11 is 0.791. The zero-order chi connectivity index (χ0) is 16.6. The number of hydrogen-bond acceptors (Lipinski definition) is 10. The van der Waals surface area contributed by atoms with Crippen LogP contribution in [0.15, 0.2) is 0 Å². The smallest absolute Gasteiger partial charge is 0.267 e. The fourth-order valence-corrected chi connectivity index (χ4v) is 3.18. The lowest BCUT2D eigenvalue weighted by molar-refractivity contribution is -0.432. The van der Waals surface area contributed by atoms with Crippen molar-refractivity contribution in [2.24, 2.45) is 0 Å². The molecule has 0 aromatic heterocycles. The SMILES string of the molecule is O.O=S(=O)(O)CC(O)CN1CCN(CC(O)CSOOO)CC1. The lowest BCUT2D eigenvalue weighted by atomic mass is 10.2. The maximum absolute atomic E-state index is 10.7. The monoisotopic (exact) mass is 380 g/mol. The van der Waals surface area contributed by atoms with Crippen LogP contribution < -0.4 is 0 Å². The van der Waals surface area contributed by atoms with Crippen LogP contribution in [0.2, 0.25) is 0 Å². The Bertz CT molecular complexity index is 403. The molecule has 0 spiro atoms. The summed E-state index contributed by atoms with van der Waals surface area (Å²) in [6.07, 6.45) is -1.77. The maximum atomic E-state index is 10.7. The van der Waals surface area contributed by atoms with Crippen LogP contribution in [0.5, 0.6) is 0 Å². The van der Waals surface area contributed by atoms with Crippen LogP contribution in [-0.2, 0) is 19.5 Å². The Kier molecular flexibility index (Phi) is 11.5. The summed E-state index contributed by atoms with van der Waals surface area (Å²) in [7, 11) is -4.17.